The van der Waals surface area contributed by atoms with Crippen LogP contribution in [0.2, 0.25) is 5.02 Å². The molecule has 1 fully saturated rings. The van der Waals surface area contributed by atoms with E-state index in [0.717, 1.165) is 31.2 Å². The van der Waals surface area contributed by atoms with Crippen molar-refractivity contribution >= 4 is 23.4 Å². The van der Waals surface area contributed by atoms with Crippen molar-refractivity contribution in [3.05, 3.63) is 77.1 Å². The monoisotopic (exact) mass is 522 g/mol. The van der Waals surface area contributed by atoms with Crippen LogP contribution < -0.4 is 5.32 Å². The van der Waals surface area contributed by atoms with Gasteiger partial charge in [0.2, 0.25) is 11.7 Å². The van der Waals surface area contributed by atoms with Crippen LogP contribution in [0.5, 0.6) is 0 Å². The number of hydrogen-bond acceptors (Lipinski definition) is 7. The van der Waals surface area contributed by atoms with Crippen LogP contribution in [0, 0.1) is 6.92 Å². The highest BCUT2D eigenvalue weighted by atomic mass is 35.5. The zero-order valence-corrected chi connectivity index (χ0v) is 21.1. The zero-order valence-electron chi connectivity index (χ0n) is 20.3. The molecule has 37 heavy (non-hydrogen) atoms. The van der Waals surface area contributed by atoms with E-state index in [1.807, 2.05) is 0 Å². The van der Waals surface area contributed by atoms with Gasteiger partial charge >= 0.3 is 0 Å². The van der Waals surface area contributed by atoms with E-state index >= 15 is 0 Å². The molecule has 1 atom stereocenters. The van der Waals surface area contributed by atoms with Crippen LogP contribution >= 0.6 is 11.6 Å². The molecule has 10 nitrogen and oxygen atoms in total. The molecule has 3 aromatic heterocycles. The summed E-state index contributed by atoms with van der Waals surface area (Å²) in [7, 11) is 0. The Morgan fingerprint density at radius 3 is 2.62 bits per heavy atom. The van der Waals surface area contributed by atoms with E-state index in [0.29, 0.717) is 28.1 Å². The van der Waals surface area contributed by atoms with Gasteiger partial charge in [-0.15, -0.1) is 10.2 Å². The fourth-order valence-corrected chi connectivity index (χ4v) is 4.63. The number of carbonyl (C=O) groups is 2. The van der Waals surface area contributed by atoms with Gasteiger partial charge in [0.05, 0.1) is 12.8 Å². The summed E-state index contributed by atoms with van der Waals surface area (Å²) in [5.41, 5.74) is 0.718. The van der Waals surface area contributed by atoms with E-state index in [4.69, 9.17) is 20.4 Å². The van der Waals surface area contributed by atoms with Crippen molar-refractivity contribution in [3.8, 4) is 11.4 Å². The average molecular weight is 523 g/mol. The Balaban J connectivity index is 1.42. The number of nitrogens with one attached hydrogen (secondary N) is 1. The summed E-state index contributed by atoms with van der Waals surface area (Å²) in [6, 6.07) is 13.1. The molecule has 1 aliphatic rings. The number of aromatic nitrogens is 4. The Kier molecular flexibility index (Phi) is 7.36. The molecule has 1 aliphatic carbocycles. The van der Waals surface area contributed by atoms with Gasteiger partial charge < -0.3 is 19.1 Å². The number of benzene rings is 1. The topological polar surface area (TPSA) is 119 Å². The molecule has 1 saturated carbocycles. The van der Waals surface area contributed by atoms with Crippen molar-refractivity contribution in [1.82, 2.24) is 30.4 Å². The molecule has 2 amide bonds. The minimum Gasteiger partial charge on any atom is -0.467 e. The largest absolute Gasteiger partial charge is 0.467 e. The summed E-state index contributed by atoms with van der Waals surface area (Å²) in [5, 5.41) is 16.2. The lowest BCUT2D eigenvalue weighted by atomic mass is 10.1. The van der Waals surface area contributed by atoms with Gasteiger partial charge in [0.1, 0.15) is 23.8 Å². The van der Waals surface area contributed by atoms with Gasteiger partial charge in [-0.2, -0.15) is 4.80 Å². The fraction of sp³-hybridized carbons (Fsp3) is 0.346. The maximum absolute atomic E-state index is 13.7. The Morgan fingerprint density at radius 1 is 1.16 bits per heavy atom. The van der Waals surface area contributed by atoms with Gasteiger partial charge in [-0.05, 0) is 73.5 Å². The predicted octanol–water partition coefficient (Wildman–Crippen LogP) is 4.32. The fourth-order valence-electron chi connectivity index (χ4n) is 4.51. The van der Waals surface area contributed by atoms with Crippen molar-refractivity contribution < 1.29 is 18.4 Å². The minimum absolute atomic E-state index is 0.0626. The number of nitrogens with zero attached hydrogens (tertiary/aromatic N) is 5. The van der Waals surface area contributed by atoms with E-state index in [9.17, 15) is 9.59 Å². The van der Waals surface area contributed by atoms with Crippen molar-refractivity contribution in [3.63, 3.8) is 0 Å². The molecule has 4 aromatic rings. The number of rotatable bonds is 9. The van der Waals surface area contributed by atoms with Gasteiger partial charge in [0, 0.05) is 16.6 Å². The lowest BCUT2D eigenvalue weighted by Crippen LogP contribution is -2.46. The molecule has 0 spiro atoms. The van der Waals surface area contributed by atoms with E-state index < -0.39 is 11.9 Å². The SMILES string of the molecule is Cc1ccc([C@H](C(=O)NC2CCCC2)N(Cc2ccco2)C(=O)Cn2nnc(-c3ccc(Cl)cc3)n2)o1. The molecule has 192 valence electrons. The molecule has 0 aliphatic heterocycles. The van der Waals surface area contributed by atoms with Gasteiger partial charge in [0.15, 0.2) is 6.04 Å². The highest BCUT2D eigenvalue weighted by Crippen LogP contribution is 2.28. The molecule has 11 heteroatoms. The number of aryl methyl sites for hydroxylation is 1. The predicted molar refractivity (Wildman–Crippen MR) is 134 cm³/mol. The quantitative estimate of drug-likeness (QED) is 0.347. The summed E-state index contributed by atoms with van der Waals surface area (Å²) >= 11 is 5.97. The number of tetrazole rings is 1. The molecule has 0 radical (unpaired) electrons. The Hall–Kier alpha value is -3.92. The maximum Gasteiger partial charge on any atom is 0.250 e. The molecular weight excluding hydrogens is 496 g/mol. The first-order valence-corrected chi connectivity index (χ1v) is 12.6. The molecule has 5 rings (SSSR count). The lowest BCUT2D eigenvalue weighted by Gasteiger charge is -2.30. The van der Waals surface area contributed by atoms with Crippen molar-refractivity contribution in [1.29, 1.82) is 0 Å². The number of furan rings is 2. The molecule has 1 aromatic carbocycles. The zero-order chi connectivity index (χ0) is 25.8. The van der Waals surface area contributed by atoms with Crippen molar-refractivity contribution in [2.45, 2.75) is 57.8 Å². The Morgan fingerprint density at radius 2 is 1.95 bits per heavy atom. The summed E-state index contributed by atoms with van der Waals surface area (Å²) in [5.74, 6) is 1.22. The molecular formula is C26H27ClN6O4. The highest BCUT2D eigenvalue weighted by Gasteiger charge is 2.36. The maximum atomic E-state index is 13.7. The van der Waals surface area contributed by atoms with Gasteiger partial charge in [-0.1, -0.05) is 24.4 Å². The minimum atomic E-state index is -0.994. The van der Waals surface area contributed by atoms with E-state index in [1.165, 1.54) is 16.0 Å². The van der Waals surface area contributed by atoms with Crippen LogP contribution in [0.1, 0.15) is 49.0 Å². The second kappa shape index (κ2) is 11.0. The summed E-state index contributed by atoms with van der Waals surface area (Å²) < 4.78 is 11.4. The average Bonchev–Trinajstić information content (AvgIpc) is 3.69. The molecule has 3 heterocycles. The number of carbonyl (C=O) groups excluding carboxylic acids is 2. The molecule has 0 bridgehead atoms. The molecule has 0 unspecified atom stereocenters. The van der Waals surface area contributed by atoms with Crippen molar-refractivity contribution in [2.75, 3.05) is 0 Å². The second-order valence-electron chi connectivity index (χ2n) is 9.09. The summed E-state index contributed by atoms with van der Waals surface area (Å²) in [6.45, 7) is 1.63. The lowest BCUT2D eigenvalue weighted by molar-refractivity contribution is -0.143. The first-order chi connectivity index (χ1) is 18.0. The van der Waals surface area contributed by atoms with Crippen molar-refractivity contribution in [2.24, 2.45) is 0 Å². The summed E-state index contributed by atoms with van der Waals surface area (Å²) in [4.78, 5) is 30.0. The molecule has 0 saturated heterocycles. The van der Waals surface area contributed by atoms with Crippen LogP contribution in [-0.2, 0) is 22.7 Å². The van der Waals surface area contributed by atoms with Gasteiger partial charge in [-0.3, -0.25) is 9.59 Å². The van der Waals surface area contributed by atoms with E-state index in [2.05, 4.69) is 20.7 Å². The van der Waals surface area contributed by atoms with E-state index in [-0.39, 0.29) is 25.0 Å². The van der Waals surface area contributed by atoms with Crippen LogP contribution in [0.25, 0.3) is 11.4 Å². The summed E-state index contributed by atoms with van der Waals surface area (Å²) in [6.07, 6.45) is 5.49. The van der Waals surface area contributed by atoms with E-state index in [1.54, 1.807) is 55.5 Å². The Bertz CT molecular complexity index is 1340. The van der Waals surface area contributed by atoms with Crippen LogP contribution in [-0.4, -0.2) is 43.0 Å². The standard InChI is InChI=1S/C26H27ClN6O4/c1-17-8-13-22(37-17)24(26(35)28-20-5-2-3-6-20)32(15-21-7-4-14-36-21)23(34)16-33-30-25(29-31-33)18-9-11-19(27)12-10-18/h4,7-14,20,24H,2-3,5-6,15-16H2,1H3,(H,28,35)/t24-/m1/s1. The van der Waals surface area contributed by atoms with Crippen LogP contribution in [0.15, 0.2) is 63.6 Å². The van der Waals surface area contributed by atoms with Gasteiger partial charge in [-0.25, -0.2) is 0 Å². The molecule has 1 N–H and O–H groups in total. The third-order valence-corrected chi connectivity index (χ3v) is 6.60. The first kappa shape index (κ1) is 24.8. The number of hydrogen-bond donors (Lipinski definition) is 1. The normalized spacial score (nSPS) is 14.5. The third-order valence-electron chi connectivity index (χ3n) is 6.35. The van der Waals surface area contributed by atoms with Gasteiger partial charge in [0.25, 0.3) is 5.91 Å². The number of amides is 2. The first-order valence-electron chi connectivity index (χ1n) is 12.2. The number of halogens is 1. The smallest absolute Gasteiger partial charge is 0.250 e. The second-order valence-corrected chi connectivity index (χ2v) is 9.53. The Labute approximate surface area is 218 Å². The van der Waals surface area contributed by atoms with Crippen LogP contribution in [0.3, 0.4) is 0 Å². The highest BCUT2D eigenvalue weighted by molar-refractivity contribution is 6.30. The third kappa shape index (κ3) is 5.91. The van der Waals surface area contributed by atoms with Crippen LogP contribution in [0.4, 0.5) is 0 Å².